The lowest BCUT2D eigenvalue weighted by atomic mass is 9.68. The van der Waals surface area contributed by atoms with Crippen LogP contribution >= 0.6 is 11.3 Å². The summed E-state index contributed by atoms with van der Waals surface area (Å²) >= 11 is 1.82. The van der Waals surface area contributed by atoms with Gasteiger partial charge in [-0.3, -0.25) is 0 Å². The number of nitrogens with two attached hydrogens (primary N) is 1. The number of hydrogen-bond acceptors (Lipinski definition) is 4. The van der Waals surface area contributed by atoms with Crippen molar-refractivity contribution in [3.63, 3.8) is 0 Å². The fourth-order valence-corrected chi connectivity index (χ4v) is 5.20. The normalized spacial score (nSPS) is 22.2. The molecule has 1 aromatic heterocycles. The van der Waals surface area contributed by atoms with Gasteiger partial charge in [-0.15, -0.1) is 11.3 Å². The lowest BCUT2D eigenvalue weighted by Crippen LogP contribution is -2.41. The first-order chi connectivity index (χ1) is 10.1. The van der Waals surface area contributed by atoms with Crippen molar-refractivity contribution < 1.29 is 0 Å². The van der Waals surface area contributed by atoms with E-state index in [0.717, 1.165) is 0 Å². The molecule has 0 atom stereocenters. The SMILES string of the molecule is CC(C)c1nc(N2CCC3(CCCCC3)CC2)sc1CN. The predicted octanol–water partition coefficient (Wildman–Crippen LogP) is 4.28. The van der Waals surface area contributed by atoms with Crippen molar-refractivity contribution in [1.29, 1.82) is 0 Å². The van der Waals surface area contributed by atoms with E-state index in [1.54, 1.807) is 0 Å². The summed E-state index contributed by atoms with van der Waals surface area (Å²) in [6.45, 7) is 7.43. The van der Waals surface area contributed by atoms with Crippen LogP contribution in [0, 0.1) is 5.41 Å². The Hall–Kier alpha value is -0.610. The minimum atomic E-state index is 0.475. The lowest BCUT2D eigenvalue weighted by Gasteiger charge is -2.44. The van der Waals surface area contributed by atoms with Crippen molar-refractivity contribution in [3.05, 3.63) is 10.6 Å². The van der Waals surface area contributed by atoms with Gasteiger partial charge in [-0.1, -0.05) is 33.1 Å². The molecular formula is C17H29N3S. The molecule has 2 heterocycles. The van der Waals surface area contributed by atoms with Gasteiger partial charge < -0.3 is 10.6 Å². The number of thiazole rings is 1. The smallest absolute Gasteiger partial charge is 0.185 e. The molecule has 1 saturated carbocycles. The summed E-state index contributed by atoms with van der Waals surface area (Å²) in [4.78, 5) is 8.69. The van der Waals surface area contributed by atoms with Crippen molar-refractivity contribution in [2.75, 3.05) is 18.0 Å². The first kappa shape index (κ1) is 15.3. The first-order valence-electron chi connectivity index (χ1n) is 8.58. The predicted molar refractivity (Wildman–Crippen MR) is 91.1 cm³/mol. The molecule has 4 heteroatoms. The first-order valence-corrected chi connectivity index (χ1v) is 9.40. The molecule has 0 radical (unpaired) electrons. The van der Waals surface area contributed by atoms with Crippen molar-refractivity contribution in [2.24, 2.45) is 11.1 Å². The van der Waals surface area contributed by atoms with Crippen LogP contribution in [0.25, 0.3) is 0 Å². The number of anilines is 1. The van der Waals surface area contributed by atoms with E-state index >= 15 is 0 Å². The third-order valence-electron chi connectivity index (χ3n) is 5.46. The highest BCUT2D eigenvalue weighted by Gasteiger charge is 2.36. The second-order valence-corrected chi connectivity index (χ2v) is 8.27. The van der Waals surface area contributed by atoms with Gasteiger partial charge in [-0.25, -0.2) is 4.98 Å². The van der Waals surface area contributed by atoms with Gasteiger partial charge in [0.25, 0.3) is 0 Å². The third kappa shape index (κ3) is 3.11. The molecule has 1 aromatic rings. The molecule has 1 spiro atoms. The average molecular weight is 308 g/mol. The van der Waals surface area contributed by atoms with Gasteiger partial charge in [-0.05, 0) is 37.0 Å². The molecule has 118 valence electrons. The molecule has 3 nitrogen and oxygen atoms in total. The zero-order chi connectivity index (χ0) is 14.9. The molecule has 0 aromatic carbocycles. The molecule has 21 heavy (non-hydrogen) atoms. The summed E-state index contributed by atoms with van der Waals surface area (Å²) < 4.78 is 0. The van der Waals surface area contributed by atoms with E-state index in [1.165, 1.54) is 73.7 Å². The largest absolute Gasteiger partial charge is 0.348 e. The van der Waals surface area contributed by atoms with Crippen LogP contribution in [-0.4, -0.2) is 18.1 Å². The maximum Gasteiger partial charge on any atom is 0.185 e. The molecule has 0 bridgehead atoms. The Morgan fingerprint density at radius 2 is 1.81 bits per heavy atom. The highest BCUT2D eigenvalue weighted by molar-refractivity contribution is 7.15. The molecule has 1 aliphatic carbocycles. The van der Waals surface area contributed by atoms with Crippen molar-refractivity contribution in [2.45, 2.75) is 71.3 Å². The zero-order valence-corrected chi connectivity index (χ0v) is 14.3. The number of aromatic nitrogens is 1. The Morgan fingerprint density at radius 3 is 2.33 bits per heavy atom. The van der Waals surface area contributed by atoms with Crippen molar-refractivity contribution in [1.82, 2.24) is 4.98 Å². The van der Waals surface area contributed by atoms with Gasteiger partial charge in [0, 0.05) is 24.5 Å². The monoisotopic (exact) mass is 307 g/mol. The number of piperidine rings is 1. The Kier molecular flexibility index (Phi) is 4.55. The Morgan fingerprint density at radius 1 is 1.14 bits per heavy atom. The minimum Gasteiger partial charge on any atom is -0.348 e. The van der Waals surface area contributed by atoms with Crippen molar-refractivity contribution in [3.8, 4) is 0 Å². The summed E-state index contributed by atoms with van der Waals surface area (Å²) in [6.07, 6.45) is 10.0. The van der Waals surface area contributed by atoms with Gasteiger partial charge >= 0.3 is 0 Å². The van der Waals surface area contributed by atoms with Gasteiger partial charge in [0.05, 0.1) is 5.69 Å². The van der Waals surface area contributed by atoms with Crippen LogP contribution < -0.4 is 10.6 Å². The highest BCUT2D eigenvalue weighted by atomic mass is 32.1. The minimum absolute atomic E-state index is 0.475. The van der Waals surface area contributed by atoms with Gasteiger partial charge in [0.15, 0.2) is 5.13 Å². The van der Waals surface area contributed by atoms with Gasteiger partial charge in [0.1, 0.15) is 0 Å². The van der Waals surface area contributed by atoms with Gasteiger partial charge in [0.2, 0.25) is 0 Å². The van der Waals surface area contributed by atoms with Crippen LogP contribution in [0.4, 0.5) is 5.13 Å². The van der Waals surface area contributed by atoms with E-state index < -0.39 is 0 Å². The molecule has 1 saturated heterocycles. The van der Waals surface area contributed by atoms with Crippen LogP contribution in [0.15, 0.2) is 0 Å². The molecule has 0 unspecified atom stereocenters. The molecule has 2 aliphatic rings. The fourth-order valence-electron chi connectivity index (χ4n) is 4.06. The average Bonchev–Trinajstić information content (AvgIpc) is 2.93. The zero-order valence-electron chi connectivity index (χ0n) is 13.5. The van der Waals surface area contributed by atoms with Crippen LogP contribution in [0.1, 0.15) is 75.3 Å². The van der Waals surface area contributed by atoms with Crippen LogP contribution in [0.2, 0.25) is 0 Å². The highest BCUT2D eigenvalue weighted by Crippen LogP contribution is 2.45. The number of hydrogen-bond donors (Lipinski definition) is 1. The number of rotatable bonds is 3. The fraction of sp³-hybridized carbons (Fsp3) is 0.824. The third-order valence-corrected chi connectivity index (χ3v) is 6.61. The van der Waals surface area contributed by atoms with Crippen molar-refractivity contribution >= 4 is 16.5 Å². The molecule has 2 N–H and O–H groups in total. The lowest BCUT2D eigenvalue weighted by molar-refractivity contribution is 0.144. The topological polar surface area (TPSA) is 42.2 Å². The molecular weight excluding hydrogens is 278 g/mol. The quantitative estimate of drug-likeness (QED) is 0.906. The Labute approximate surface area is 132 Å². The second kappa shape index (κ2) is 6.25. The van der Waals surface area contributed by atoms with Crippen LogP contribution in [0.5, 0.6) is 0 Å². The van der Waals surface area contributed by atoms with E-state index in [2.05, 4.69) is 18.7 Å². The Balaban J connectivity index is 1.69. The molecule has 1 aliphatic heterocycles. The van der Waals surface area contributed by atoms with E-state index in [4.69, 9.17) is 10.7 Å². The Bertz CT molecular complexity index is 464. The van der Waals surface area contributed by atoms with E-state index in [0.29, 0.717) is 17.9 Å². The standard InChI is InChI=1S/C17H29N3S/c1-13(2)15-14(12-18)21-16(19-15)20-10-8-17(9-11-20)6-4-3-5-7-17/h13H,3-12,18H2,1-2H3. The molecule has 0 amide bonds. The molecule has 3 rings (SSSR count). The maximum atomic E-state index is 5.89. The van der Waals surface area contributed by atoms with Crippen LogP contribution in [-0.2, 0) is 6.54 Å². The summed E-state index contributed by atoms with van der Waals surface area (Å²) in [5.41, 5.74) is 7.78. The van der Waals surface area contributed by atoms with E-state index in [9.17, 15) is 0 Å². The summed E-state index contributed by atoms with van der Waals surface area (Å²) in [5, 5.41) is 1.21. The second-order valence-electron chi connectivity index (χ2n) is 7.21. The van der Waals surface area contributed by atoms with Gasteiger partial charge in [-0.2, -0.15) is 0 Å². The summed E-state index contributed by atoms with van der Waals surface area (Å²) in [6, 6.07) is 0. The summed E-state index contributed by atoms with van der Waals surface area (Å²) in [5.74, 6) is 0.475. The van der Waals surface area contributed by atoms with E-state index in [1.807, 2.05) is 11.3 Å². The molecule has 2 fully saturated rings. The number of nitrogens with zero attached hydrogens (tertiary/aromatic N) is 2. The summed E-state index contributed by atoms with van der Waals surface area (Å²) in [7, 11) is 0. The van der Waals surface area contributed by atoms with E-state index in [-0.39, 0.29) is 0 Å². The maximum absolute atomic E-state index is 5.89. The van der Waals surface area contributed by atoms with Crippen LogP contribution in [0.3, 0.4) is 0 Å².